The van der Waals surface area contributed by atoms with Crippen molar-refractivity contribution in [3.05, 3.63) is 422 Å². The molecule has 21 heteroatoms. The Balaban J connectivity index is 0.000000142. The van der Waals surface area contributed by atoms with Crippen LogP contribution in [-0.4, -0.2) is 43.4 Å². The smallest absolute Gasteiger partial charge is 0.401 e. The van der Waals surface area contributed by atoms with E-state index in [4.69, 9.17) is 19.4 Å². The Hall–Kier alpha value is -15.9. The van der Waals surface area contributed by atoms with Crippen LogP contribution in [0.3, 0.4) is 0 Å². The topological polar surface area (TPSA) is 247 Å². The first-order chi connectivity index (χ1) is 58.8. The minimum Gasteiger partial charge on any atom is -0.401 e. The second-order valence-corrected chi connectivity index (χ2v) is 32.1. The van der Waals surface area contributed by atoms with Crippen molar-refractivity contribution in [2.75, 3.05) is 0 Å². The maximum absolute atomic E-state index is 13.7. The summed E-state index contributed by atoms with van der Waals surface area (Å²) in [7, 11) is 0. The average molecular weight is 1640 g/mol. The Bertz CT molecular complexity index is 7300. The van der Waals surface area contributed by atoms with Gasteiger partial charge in [-0.1, -0.05) is 187 Å². The molecule has 122 heavy (non-hydrogen) atoms. The van der Waals surface area contributed by atoms with Gasteiger partial charge < -0.3 is 4.42 Å². The molecule has 0 atom stereocenters. The fourth-order valence-electron chi connectivity index (χ4n) is 13.9. The van der Waals surface area contributed by atoms with Crippen LogP contribution in [0.1, 0.15) is 121 Å². The summed E-state index contributed by atoms with van der Waals surface area (Å²) in [5, 5.41) is 39.4. The van der Waals surface area contributed by atoms with E-state index in [1.807, 2.05) is 130 Å². The van der Waals surface area contributed by atoms with Crippen LogP contribution in [0.15, 0.2) is 280 Å². The quantitative estimate of drug-likeness (QED) is 0.0628. The molecule has 0 fully saturated rings. The summed E-state index contributed by atoms with van der Waals surface area (Å²) in [6.45, 7) is 16.5. The van der Waals surface area contributed by atoms with Gasteiger partial charge in [-0.05, 0) is 266 Å². The van der Waals surface area contributed by atoms with Gasteiger partial charge in [0.15, 0.2) is 0 Å². The van der Waals surface area contributed by atoms with E-state index >= 15 is 0 Å². The SMILES string of the molecule is Cc1cc(C#Cc2ccc(C(C)(C)C)cc2)ccc1-n1c(/C=C/c2ccc([N+](=O)[O-])s2)nc2ccccc2c1=O.Cc1ccc2cc(C#Cc3ccc(-n4c(/C=C/c5ccc([N+](=O)[O-])o5)nc5ccccc5c4=O)c(C)c3)ccc2c1.Cc1ccc2cc(C#Cc3ccc(-n4c(/C=C/c5ccc([N+](=O)[O-])s5)nc5ccccc5c4=O)c(C)c3)ccc2c1. The third kappa shape index (κ3) is 18.4. The average Bonchev–Trinajstić information content (AvgIpc) is 0.802. The van der Waals surface area contributed by atoms with Crippen molar-refractivity contribution in [2.24, 2.45) is 0 Å². The normalized spacial score (nSPS) is 11.3. The maximum Gasteiger partial charge on any atom is 0.433 e. The van der Waals surface area contributed by atoms with Gasteiger partial charge in [0, 0.05) is 55.3 Å². The molecule has 0 aliphatic rings. The summed E-state index contributed by atoms with van der Waals surface area (Å²) in [5.41, 5.74) is 14.8. The number of rotatable bonds is 12. The first-order valence-corrected chi connectivity index (χ1v) is 40.3. The van der Waals surface area contributed by atoms with E-state index in [9.17, 15) is 44.7 Å². The van der Waals surface area contributed by atoms with Gasteiger partial charge in [0.1, 0.15) is 28.2 Å². The van der Waals surface area contributed by atoms with Gasteiger partial charge in [-0.15, -0.1) is 0 Å². The highest BCUT2D eigenvalue weighted by Gasteiger charge is 2.20. The van der Waals surface area contributed by atoms with Crippen LogP contribution >= 0.6 is 22.7 Å². The van der Waals surface area contributed by atoms with Crippen LogP contribution < -0.4 is 16.7 Å². The van der Waals surface area contributed by atoms with Crippen molar-refractivity contribution < 1.29 is 19.2 Å². The van der Waals surface area contributed by atoms with Crippen molar-refractivity contribution in [3.8, 4) is 52.6 Å². The van der Waals surface area contributed by atoms with Gasteiger partial charge in [-0.25, -0.2) is 15.0 Å². The van der Waals surface area contributed by atoms with E-state index in [0.717, 1.165) is 83.5 Å². The van der Waals surface area contributed by atoms with Crippen LogP contribution in [0.5, 0.6) is 0 Å². The minimum absolute atomic E-state index is 0.0554. The zero-order chi connectivity index (χ0) is 85.5. The lowest BCUT2D eigenvalue weighted by Crippen LogP contribution is -2.23. The molecule has 0 N–H and O–H groups in total. The molecule has 0 saturated carbocycles. The number of fused-ring (bicyclic) bond motifs is 5. The first-order valence-electron chi connectivity index (χ1n) is 38.6. The maximum atomic E-state index is 13.7. The van der Waals surface area contributed by atoms with Crippen molar-refractivity contribution in [2.45, 2.75) is 60.8 Å². The molecule has 0 aliphatic heterocycles. The molecule has 6 heterocycles. The second kappa shape index (κ2) is 35.1. The zero-order valence-corrected chi connectivity index (χ0v) is 68.8. The molecule has 594 valence electrons. The molecule has 0 aliphatic carbocycles. The monoisotopic (exact) mass is 1640 g/mol. The van der Waals surface area contributed by atoms with E-state index in [2.05, 4.69) is 143 Å². The number of aryl methyl sites for hydroxylation is 5. The van der Waals surface area contributed by atoms with E-state index in [-0.39, 0.29) is 43.7 Å². The molecule has 0 bridgehead atoms. The predicted octanol–water partition coefficient (Wildman–Crippen LogP) is 22.5. The van der Waals surface area contributed by atoms with Gasteiger partial charge in [0.2, 0.25) is 0 Å². The standard InChI is InChI=1S/C34H23N3O4.C34H23N3O3S.C33H27N3O3S/c2*1-22-7-12-27-21-25(10-13-26(27)19-22)9-8-24-11-16-31(23(2)20-24)36-32(17-14-28-15-18-33(41-28)37(39)40)35-30-6-4-3-5-29(30)34(36)38;1-22-21-24(10-9-23-11-14-25(15-12-23)33(2,3)4)13-18-29(22)35-30(19-16-26-17-20-31(40-26)36(38)39)34-28-8-6-5-7-27(28)32(35)37/h2*3-7,10-21H,1-2H3;5-8,11-21H,1-4H3/b2*17-14+;19-16+. The summed E-state index contributed by atoms with van der Waals surface area (Å²) in [5.74, 6) is 20.6. The third-order valence-electron chi connectivity index (χ3n) is 20.1. The Morgan fingerprint density at radius 3 is 1.04 bits per heavy atom. The highest BCUT2D eigenvalue weighted by Crippen LogP contribution is 2.31. The first kappa shape index (κ1) is 81.3. The number of benzene rings is 11. The summed E-state index contributed by atoms with van der Waals surface area (Å²) in [6, 6.07) is 81.2. The molecule has 17 rings (SSSR count). The van der Waals surface area contributed by atoms with Gasteiger partial charge in [0.25, 0.3) is 16.7 Å². The number of hydrogen-bond donors (Lipinski definition) is 0. The lowest BCUT2D eigenvalue weighted by atomic mass is 9.87. The van der Waals surface area contributed by atoms with Crippen molar-refractivity contribution in [3.63, 3.8) is 0 Å². The minimum atomic E-state index is -0.601. The molecule has 0 radical (unpaired) electrons. The Kier molecular flexibility index (Phi) is 23.4. The van der Waals surface area contributed by atoms with Crippen molar-refractivity contribution in [1.29, 1.82) is 0 Å². The Morgan fingerprint density at radius 1 is 0.352 bits per heavy atom. The fraction of sp³-hybridized carbons (Fsp3) is 0.0891. The number of aromatic nitrogens is 6. The molecule has 0 saturated heterocycles. The molecule has 0 amide bonds. The molecular formula is C101H73N9O10S2. The number of nitro groups is 3. The van der Waals surface area contributed by atoms with Gasteiger partial charge in [-0.3, -0.25) is 58.4 Å². The molecule has 17 aromatic rings. The lowest BCUT2D eigenvalue weighted by Gasteiger charge is -2.18. The van der Waals surface area contributed by atoms with Gasteiger partial charge in [0.05, 0.1) is 65.7 Å². The molecule has 0 spiro atoms. The van der Waals surface area contributed by atoms with E-state index < -0.39 is 14.8 Å². The summed E-state index contributed by atoms with van der Waals surface area (Å²) in [6.07, 6.45) is 10.1. The van der Waals surface area contributed by atoms with Crippen molar-refractivity contribution in [1.82, 2.24) is 28.7 Å². The van der Waals surface area contributed by atoms with E-state index in [1.165, 1.54) is 56.3 Å². The number of furan rings is 1. The molecular weight excluding hydrogens is 1560 g/mol. The highest BCUT2D eigenvalue weighted by atomic mass is 32.1. The summed E-state index contributed by atoms with van der Waals surface area (Å²) in [4.78, 5) is 88.4. The fourth-order valence-corrected chi connectivity index (χ4v) is 15.3. The largest absolute Gasteiger partial charge is 0.433 e. The molecule has 0 unspecified atom stereocenters. The van der Waals surface area contributed by atoms with E-state index in [1.54, 1.807) is 100 Å². The Labute approximate surface area is 708 Å². The highest BCUT2D eigenvalue weighted by molar-refractivity contribution is 7.16. The number of hydrogen-bond acceptors (Lipinski definition) is 15. The van der Waals surface area contributed by atoms with Crippen LogP contribution in [0.25, 0.3) is 108 Å². The molecule has 11 aromatic carbocycles. The van der Waals surface area contributed by atoms with Crippen LogP contribution in [-0.2, 0) is 5.41 Å². The van der Waals surface area contributed by atoms with Crippen LogP contribution in [0.2, 0.25) is 0 Å². The Morgan fingerprint density at radius 2 is 0.689 bits per heavy atom. The second-order valence-electron chi connectivity index (χ2n) is 29.9. The van der Waals surface area contributed by atoms with Crippen molar-refractivity contribution >= 4 is 129 Å². The summed E-state index contributed by atoms with van der Waals surface area (Å²) < 4.78 is 9.95. The van der Waals surface area contributed by atoms with Gasteiger partial charge in [-0.2, -0.15) is 0 Å². The number of para-hydroxylation sites is 3. The lowest BCUT2D eigenvalue weighted by molar-refractivity contribution is -0.402. The summed E-state index contributed by atoms with van der Waals surface area (Å²) >= 11 is 2.13. The van der Waals surface area contributed by atoms with E-state index in [0.29, 0.717) is 77.0 Å². The predicted molar refractivity (Wildman–Crippen MR) is 491 cm³/mol. The number of thiophene rings is 2. The third-order valence-corrected chi connectivity index (χ3v) is 22.1. The van der Waals surface area contributed by atoms with Crippen LogP contribution in [0, 0.1) is 100 Å². The zero-order valence-electron chi connectivity index (χ0n) is 67.2. The molecule has 6 aromatic heterocycles. The van der Waals surface area contributed by atoms with Crippen LogP contribution in [0.4, 0.5) is 15.9 Å². The number of nitrogens with zero attached hydrogens (tertiary/aromatic N) is 9. The van der Waals surface area contributed by atoms with Gasteiger partial charge >= 0.3 is 15.9 Å². The molecule has 19 nitrogen and oxygen atoms in total.